The number of hydrogen-bond acceptors (Lipinski definition) is 6. The van der Waals surface area contributed by atoms with Crippen molar-refractivity contribution in [1.29, 1.82) is 0 Å². The van der Waals surface area contributed by atoms with Crippen LogP contribution in [0.4, 0.5) is 0 Å². The second-order valence-corrected chi connectivity index (χ2v) is 5.85. The van der Waals surface area contributed by atoms with Gasteiger partial charge in [-0.1, -0.05) is 18.5 Å². The van der Waals surface area contributed by atoms with Crippen LogP contribution in [0.25, 0.3) is 0 Å². The number of nitrogens with two attached hydrogens (primary N) is 1. The largest absolute Gasteiger partial charge is 0.367 e. The number of morpholine rings is 1. The van der Waals surface area contributed by atoms with Gasteiger partial charge < -0.3 is 15.0 Å². The predicted molar refractivity (Wildman–Crippen MR) is 74.3 cm³/mol. The van der Waals surface area contributed by atoms with Crippen LogP contribution < -0.4 is 5.73 Å². The molecule has 3 unspecified atom stereocenters. The Morgan fingerprint density at radius 2 is 2.30 bits per heavy atom. The maximum Gasteiger partial charge on any atom is 0.231 e. The summed E-state index contributed by atoms with van der Waals surface area (Å²) in [4.78, 5) is 6.95. The van der Waals surface area contributed by atoms with Crippen LogP contribution in [0.2, 0.25) is 0 Å². The first kappa shape index (κ1) is 14.0. The highest BCUT2D eigenvalue weighted by Gasteiger charge is 2.32. The van der Waals surface area contributed by atoms with E-state index < -0.39 is 0 Å². The molecule has 3 atom stereocenters. The second kappa shape index (κ2) is 6.20. The number of aromatic nitrogens is 2. The summed E-state index contributed by atoms with van der Waals surface area (Å²) in [6, 6.07) is 0.159. The molecule has 1 aromatic heterocycles. The fourth-order valence-electron chi connectivity index (χ4n) is 3.20. The monoisotopic (exact) mass is 280 g/mol. The molecule has 112 valence electrons. The van der Waals surface area contributed by atoms with Crippen molar-refractivity contribution in [3.8, 4) is 0 Å². The first-order valence-corrected chi connectivity index (χ1v) is 7.71. The van der Waals surface area contributed by atoms with Crippen LogP contribution in [0.1, 0.15) is 56.3 Å². The van der Waals surface area contributed by atoms with Crippen LogP contribution in [-0.4, -0.2) is 47.3 Å². The topological polar surface area (TPSA) is 77.4 Å². The van der Waals surface area contributed by atoms with E-state index in [4.69, 9.17) is 15.0 Å². The zero-order chi connectivity index (χ0) is 13.9. The lowest BCUT2D eigenvalue weighted by Crippen LogP contribution is -2.39. The van der Waals surface area contributed by atoms with Gasteiger partial charge in [-0.05, 0) is 25.8 Å². The van der Waals surface area contributed by atoms with Gasteiger partial charge in [0.25, 0.3) is 0 Å². The van der Waals surface area contributed by atoms with Crippen LogP contribution in [0.5, 0.6) is 0 Å². The van der Waals surface area contributed by atoms with Crippen LogP contribution in [0, 0.1) is 0 Å². The molecule has 0 spiro atoms. The fourth-order valence-corrected chi connectivity index (χ4v) is 3.20. The molecule has 1 aliphatic carbocycles. The summed E-state index contributed by atoms with van der Waals surface area (Å²) in [5.41, 5.74) is 6.09. The first-order chi connectivity index (χ1) is 9.78. The lowest BCUT2D eigenvalue weighted by molar-refractivity contribution is -0.0350. The average molecular weight is 280 g/mol. The second-order valence-electron chi connectivity index (χ2n) is 5.85. The summed E-state index contributed by atoms with van der Waals surface area (Å²) in [6.07, 6.45) is 4.34. The number of rotatable bonds is 4. The Kier molecular flexibility index (Phi) is 4.33. The zero-order valence-electron chi connectivity index (χ0n) is 12.1. The average Bonchev–Trinajstić information content (AvgIpc) is 3.08. The van der Waals surface area contributed by atoms with Crippen LogP contribution in [0.15, 0.2) is 4.52 Å². The van der Waals surface area contributed by atoms with Gasteiger partial charge in [-0.3, -0.25) is 4.90 Å². The molecule has 2 N–H and O–H groups in total. The van der Waals surface area contributed by atoms with E-state index in [1.807, 2.05) is 0 Å². The van der Waals surface area contributed by atoms with Crippen LogP contribution in [-0.2, 0) is 4.74 Å². The minimum Gasteiger partial charge on any atom is -0.367 e. The van der Waals surface area contributed by atoms with Gasteiger partial charge >= 0.3 is 0 Å². The predicted octanol–water partition coefficient (Wildman–Crippen LogP) is 1.45. The van der Waals surface area contributed by atoms with Crippen molar-refractivity contribution < 1.29 is 9.26 Å². The van der Waals surface area contributed by atoms with E-state index in [0.29, 0.717) is 11.7 Å². The molecular weight excluding hydrogens is 256 g/mol. The molecule has 0 amide bonds. The Labute approximate surface area is 119 Å². The van der Waals surface area contributed by atoms with Gasteiger partial charge in [0.15, 0.2) is 0 Å². The molecule has 1 aliphatic heterocycles. The summed E-state index contributed by atoms with van der Waals surface area (Å²) in [5, 5.41) is 4.12. The van der Waals surface area contributed by atoms with Gasteiger partial charge in [0.2, 0.25) is 11.7 Å². The lowest BCUT2D eigenvalue weighted by atomic mass is 10.1. The molecule has 1 saturated carbocycles. The van der Waals surface area contributed by atoms with Gasteiger partial charge in [0.05, 0.1) is 12.5 Å². The van der Waals surface area contributed by atoms with Crippen molar-refractivity contribution in [2.75, 3.05) is 26.2 Å². The standard InChI is InChI=1S/C14H24N4O2/c1-2-6-18-7-8-19-12(9-18)13-16-14(20-17-13)10-4-3-5-11(10)15/h10-12H,2-9,15H2,1H3. The minimum absolute atomic E-state index is 0.0644. The van der Waals surface area contributed by atoms with Gasteiger partial charge in [-0.25, -0.2) is 0 Å². The summed E-state index contributed by atoms with van der Waals surface area (Å²) < 4.78 is 11.2. The van der Waals surface area contributed by atoms with Crippen molar-refractivity contribution in [1.82, 2.24) is 15.0 Å². The molecule has 0 radical (unpaired) electrons. The van der Waals surface area contributed by atoms with Crippen molar-refractivity contribution in [2.45, 2.75) is 50.7 Å². The number of hydrogen-bond donors (Lipinski definition) is 1. The number of ether oxygens (including phenoxy) is 1. The van der Waals surface area contributed by atoms with E-state index in [1.165, 1.54) is 0 Å². The number of nitrogens with zero attached hydrogens (tertiary/aromatic N) is 3. The maximum atomic E-state index is 6.09. The molecule has 6 nitrogen and oxygen atoms in total. The van der Waals surface area contributed by atoms with Crippen molar-refractivity contribution in [2.24, 2.45) is 5.73 Å². The molecule has 2 aliphatic rings. The summed E-state index contributed by atoms with van der Waals surface area (Å²) in [6.45, 7) is 5.86. The van der Waals surface area contributed by atoms with Crippen molar-refractivity contribution in [3.63, 3.8) is 0 Å². The van der Waals surface area contributed by atoms with E-state index >= 15 is 0 Å². The van der Waals surface area contributed by atoms with Crippen LogP contribution >= 0.6 is 0 Å². The smallest absolute Gasteiger partial charge is 0.231 e. The Bertz CT molecular complexity index is 435. The highest BCUT2D eigenvalue weighted by Crippen LogP contribution is 2.33. The molecule has 0 bridgehead atoms. The zero-order valence-corrected chi connectivity index (χ0v) is 12.1. The summed E-state index contributed by atoms with van der Waals surface area (Å²) in [5.74, 6) is 1.60. The molecule has 6 heteroatoms. The Morgan fingerprint density at radius 1 is 1.40 bits per heavy atom. The molecule has 3 rings (SSSR count). The molecular formula is C14H24N4O2. The van der Waals surface area contributed by atoms with E-state index in [0.717, 1.165) is 51.9 Å². The lowest BCUT2D eigenvalue weighted by Gasteiger charge is -2.30. The molecule has 2 heterocycles. The third-order valence-electron chi connectivity index (χ3n) is 4.32. The maximum absolute atomic E-state index is 6.09. The third-order valence-corrected chi connectivity index (χ3v) is 4.32. The highest BCUT2D eigenvalue weighted by molar-refractivity contribution is 5.03. The Morgan fingerprint density at radius 3 is 3.05 bits per heavy atom. The summed E-state index contributed by atoms with van der Waals surface area (Å²) in [7, 11) is 0. The van der Waals surface area contributed by atoms with Gasteiger partial charge in [-0.15, -0.1) is 0 Å². The third kappa shape index (κ3) is 2.87. The van der Waals surface area contributed by atoms with E-state index in [2.05, 4.69) is 22.0 Å². The van der Waals surface area contributed by atoms with Gasteiger partial charge in [0, 0.05) is 19.1 Å². The normalized spacial score (nSPS) is 31.8. The van der Waals surface area contributed by atoms with Gasteiger partial charge in [-0.2, -0.15) is 4.98 Å². The fraction of sp³-hybridized carbons (Fsp3) is 0.857. The van der Waals surface area contributed by atoms with E-state index in [1.54, 1.807) is 0 Å². The van der Waals surface area contributed by atoms with Gasteiger partial charge in [0.1, 0.15) is 6.10 Å². The molecule has 20 heavy (non-hydrogen) atoms. The summed E-state index contributed by atoms with van der Waals surface area (Å²) >= 11 is 0. The quantitative estimate of drug-likeness (QED) is 0.899. The molecule has 1 saturated heterocycles. The van der Waals surface area contributed by atoms with Crippen LogP contribution in [0.3, 0.4) is 0 Å². The Hall–Kier alpha value is -0.980. The molecule has 2 fully saturated rings. The van der Waals surface area contributed by atoms with Crippen molar-refractivity contribution >= 4 is 0 Å². The SMILES string of the molecule is CCCN1CCOC(c2noc(C3CCCC3N)n2)C1. The molecule has 1 aromatic rings. The van der Waals surface area contributed by atoms with E-state index in [-0.39, 0.29) is 18.1 Å². The Balaban J connectivity index is 1.66. The first-order valence-electron chi connectivity index (χ1n) is 7.71. The van der Waals surface area contributed by atoms with E-state index in [9.17, 15) is 0 Å². The molecule has 0 aromatic carbocycles. The minimum atomic E-state index is -0.0644. The highest BCUT2D eigenvalue weighted by atomic mass is 16.5. The van der Waals surface area contributed by atoms with Crippen molar-refractivity contribution in [3.05, 3.63) is 11.7 Å².